The average Bonchev–Trinajstić information content (AvgIpc) is 2.81. The molecule has 3 aromatic rings. The molecule has 0 saturated heterocycles. The lowest BCUT2D eigenvalue weighted by atomic mass is 10.2. The number of carbonyl (C=O) groups excluding carboxylic acids is 1. The normalized spacial score (nSPS) is 10.6. The topological polar surface area (TPSA) is 57.0 Å². The minimum atomic E-state index is -0.405. The van der Waals surface area contributed by atoms with Crippen molar-refractivity contribution < 1.29 is 9.53 Å². The van der Waals surface area contributed by atoms with Gasteiger partial charge in [-0.2, -0.15) is 0 Å². The first kappa shape index (κ1) is 11.4. The van der Waals surface area contributed by atoms with Crippen LogP contribution in [0.4, 0.5) is 0 Å². The number of nitrogens with zero attached hydrogens (tertiary/aromatic N) is 3. The van der Waals surface area contributed by atoms with Gasteiger partial charge in [0, 0.05) is 25.5 Å². The predicted molar refractivity (Wildman–Crippen MR) is 69.9 cm³/mol. The molecular weight excluding hydrogens is 242 g/mol. The van der Waals surface area contributed by atoms with Crippen LogP contribution in [0, 0.1) is 0 Å². The Morgan fingerprint density at radius 2 is 2.00 bits per heavy atom. The second-order valence-corrected chi connectivity index (χ2v) is 4.13. The highest BCUT2D eigenvalue weighted by Crippen LogP contribution is 2.20. The zero-order valence-electron chi connectivity index (χ0n) is 10.3. The summed E-state index contributed by atoms with van der Waals surface area (Å²) in [6, 6.07) is 8.60. The quantitative estimate of drug-likeness (QED) is 0.519. The molecule has 0 aliphatic carbocycles. The highest BCUT2D eigenvalue weighted by molar-refractivity contribution is 5.91. The number of rotatable bonds is 2. The van der Waals surface area contributed by atoms with Gasteiger partial charge in [0.1, 0.15) is 5.75 Å². The number of aromatic nitrogens is 3. The van der Waals surface area contributed by atoms with Crippen molar-refractivity contribution in [2.45, 2.75) is 0 Å². The molecule has 0 aliphatic heterocycles. The van der Waals surface area contributed by atoms with Crippen LogP contribution < -0.4 is 4.74 Å². The number of fused-ring (bicyclic) bond motifs is 1. The van der Waals surface area contributed by atoms with Crippen molar-refractivity contribution in [2.75, 3.05) is 0 Å². The number of aryl methyl sites for hydroxylation is 1. The van der Waals surface area contributed by atoms with Gasteiger partial charge >= 0.3 is 5.97 Å². The summed E-state index contributed by atoms with van der Waals surface area (Å²) in [5.41, 5.74) is 2.25. The van der Waals surface area contributed by atoms with Crippen molar-refractivity contribution >= 4 is 17.0 Å². The fourth-order valence-corrected chi connectivity index (χ4v) is 1.83. The van der Waals surface area contributed by atoms with Crippen LogP contribution in [-0.2, 0) is 7.05 Å². The van der Waals surface area contributed by atoms with Crippen molar-refractivity contribution in [3.8, 4) is 5.75 Å². The summed E-state index contributed by atoms with van der Waals surface area (Å²) in [7, 11) is 1.91. The Hall–Kier alpha value is -2.69. The van der Waals surface area contributed by atoms with Crippen LogP contribution in [0.1, 0.15) is 10.4 Å². The monoisotopic (exact) mass is 253 g/mol. The molecule has 0 atom stereocenters. The van der Waals surface area contributed by atoms with E-state index in [9.17, 15) is 4.79 Å². The van der Waals surface area contributed by atoms with Gasteiger partial charge in [0.05, 0.1) is 22.9 Å². The van der Waals surface area contributed by atoms with Crippen molar-refractivity contribution in [1.82, 2.24) is 14.5 Å². The number of benzene rings is 1. The lowest BCUT2D eigenvalue weighted by molar-refractivity contribution is 0.0735. The van der Waals surface area contributed by atoms with Crippen LogP contribution in [0.5, 0.6) is 5.75 Å². The number of ether oxygens (including phenoxy) is 1. The number of carbonyl (C=O) groups is 1. The Balaban J connectivity index is 1.87. The molecule has 0 bridgehead atoms. The van der Waals surface area contributed by atoms with Crippen LogP contribution >= 0.6 is 0 Å². The van der Waals surface area contributed by atoms with E-state index in [2.05, 4.69) is 9.97 Å². The summed E-state index contributed by atoms with van der Waals surface area (Å²) < 4.78 is 7.21. The van der Waals surface area contributed by atoms with Gasteiger partial charge in [0.2, 0.25) is 0 Å². The van der Waals surface area contributed by atoms with Gasteiger partial charge in [-0.15, -0.1) is 0 Å². The maximum absolute atomic E-state index is 11.9. The van der Waals surface area contributed by atoms with Crippen LogP contribution in [-0.4, -0.2) is 20.5 Å². The molecule has 19 heavy (non-hydrogen) atoms. The molecule has 0 aliphatic rings. The van der Waals surface area contributed by atoms with Crippen LogP contribution in [0.25, 0.3) is 11.0 Å². The van der Waals surface area contributed by atoms with E-state index in [0.717, 1.165) is 11.0 Å². The largest absolute Gasteiger partial charge is 0.423 e. The van der Waals surface area contributed by atoms with E-state index in [1.54, 1.807) is 43.0 Å². The molecule has 3 rings (SSSR count). The SMILES string of the molecule is Cn1cnc2cc(OC(=O)c3ccncc3)ccc21. The summed E-state index contributed by atoms with van der Waals surface area (Å²) in [6.45, 7) is 0. The summed E-state index contributed by atoms with van der Waals surface area (Å²) in [4.78, 5) is 20.0. The molecule has 0 amide bonds. The lowest BCUT2D eigenvalue weighted by Crippen LogP contribution is -2.08. The van der Waals surface area contributed by atoms with Crippen molar-refractivity contribution in [3.05, 3.63) is 54.6 Å². The Labute approximate surface area is 109 Å². The summed E-state index contributed by atoms with van der Waals surface area (Å²) in [6.07, 6.45) is 4.83. The molecule has 5 nitrogen and oxygen atoms in total. The lowest BCUT2D eigenvalue weighted by Gasteiger charge is -2.04. The van der Waals surface area contributed by atoms with E-state index in [4.69, 9.17) is 4.74 Å². The van der Waals surface area contributed by atoms with Crippen molar-refractivity contribution in [3.63, 3.8) is 0 Å². The third-order valence-corrected chi connectivity index (χ3v) is 2.82. The molecule has 0 saturated carbocycles. The maximum Gasteiger partial charge on any atom is 0.343 e. The second kappa shape index (κ2) is 4.53. The number of esters is 1. The molecule has 0 fully saturated rings. The van der Waals surface area contributed by atoms with E-state index in [0.29, 0.717) is 11.3 Å². The van der Waals surface area contributed by atoms with Gasteiger partial charge in [0.15, 0.2) is 0 Å². The number of pyridine rings is 1. The molecular formula is C14H11N3O2. The van der Waals surface area contributed by atoms with Crippen LogP contribution in [0.15, 0.2) is 49.1 Å². The molecule has 1 aromatic carbocycles. The molecule has 2 aromatic heterocycles. The highest BCUT2D eigenvalue weighted by atomic mass is 16.5. The molecule has 0 radical (unpaired) electrons. The number of imidazole rings is 1. The molecule has 0 N–H and O–H groups in total. The number of hydrogen-bond acceptors (Lipinski definition) is 4. The molecule has 0 unspecified atom stereocenters. The predicted octanol–water partition coefficient (Wildman–Crippen LogP) is 2.19. The highest BCUT2D eigenvalue weighted by Gasteiger charge is 2.09. The van der Waals surface area contributed by atoms with E-state index < -0.39 is 5.97 Å². The molecule has 2 heterocycles. The Morgan fingerprint density at radius 3 is 2.79 bits per heavy atom. The van der Waals surface area contributed by atoms with E-state index in [1.165, 1.54) is 0 Å². The minimum absolute atomic E-state index is 0.405. The van der Waals surface area contributed by atoms with Crippen LogP contribution in [0.2, 0.25) is 0 Å². The van der Waals surface area contributed by atoms with Gasteiger partial charge in [-0.3, -0.25) is 4.98 Å². The smallest absolute Gasteiger partial charge is 0.343 e. The van der Waals surface area contributed by atoms with Gasteiger partial charge in [0.25, 0.3) is 0 Å². The third-order valence-electron chi connectivity index (χ3n) is 2.82. The van der Waals surface area contributed by atoms with E-state index in [-0.39, 0.29) is 0 Å². The third kappa shape index (κ3) is 2.18. The molecule has 0 spiro atoms. The fourth-order valence-electron chi connectivity index (χ4n) is 1.83. The maximum atomic E-state index is 11.9. The van der Waals surface area contributed by atoms with Gasteiger partial charge in [-0.1, -0.05) is 0 Å². The Morgan fingerprint density at radius 1 is 1.21 bits per heavy atom. The summed E-state index contributed by atoms with van der Waals surface area (Å²) >= 11 is 0. The van der Waals surface area contributed by atoms with Crippen LogP contribution in [0.3, 0.4) is 0 Å². The number of hydrogen-bond donors (Lipinski definition) is 0. The van der Waals surface area contributed by atoms with E-state index in [1.807, 2.05) is 17.7 Å². The standard InChI is InChI=1S/C14H11N3O2/c1-17-9-16-12-8-11(2-3-13(12)17)19-14(18)10-4-6-15-7-5-10/h2-9H,1H3. The first-order valence-electron chi connectivity index (χ1n) is 5.77. The first-order valence-corrected chi connectivity index (χ1v) is 5.77. The Kier molecular flexibility index (Phi) is 2.72. The van der Waals surface area contributed by atoms with Gasteiger partial charge in [-0.25, -0.2) is 9.78 Å². The van der Waals surface area contributed by atoms with E-state index >= 15 is 0 Å². The fraction of sp³-hybridized carbons (Fsp3) is 0.0714. The zero-order chi connectivity index (χ0) is 13.2. The average molecular weight is 253 g/mol. The van der Waals surface area contributed by atoms with Gasteiger partial charge < -0.3 is 9.30 Å². The van der Waals surface area contributed by atoms with Crippen molar-refractivity contribution in [1.29, 1.82) is 0 Å². The summed E-state index contributed by atoms with van der Waals surface area (Å²) in [5, 5.41) is 0. The zero-order valence-corrected chi connectivity index (χ0v) is 10.3. The summed E-state index contributed by atoms with van der Waals surface area (Å²) in [5.74, 6) is 0.0747. The first-order chi connectivity index (χ1) is 9.24. The molecule has 5 heteroatoms. The second-order valence-electron chi connectivity index (χ2n) is 4.13. The van der Waals surface area contributed by atoms with Crippen molar-refractivity contribution in [2.24, 2.45) is 7.05 Å². The Bertz CT molecular complexity index is 735. The molecule has 94 valence electrons. The minimum Gasteiger partial charge on any atom is -0.423 e. The van der Waals surface area contributed by atoms with Gasteiger partial charge in [-0.05, 0) is 24.3 Å².